The number of carbonyl (C=O) groups excluding carboxylic acids is 1. The molecule has 0 saturated carbocycles. The molecule has 0 aromatic heterocycles. The minimum atomic E-state index is -0.920. The minimum Gasteiger partial charge on any atom is -0.444 e. The molecule has 2 aliphatic heterocycles. The van der Waals surface area contributed by atoms with E-state index < -0.39 is 11.2 Å². The molecule has 1 fully saturated rings. The van der Waals surface area contributed by atoms with E-state index in [0.29, 0.717) is 25.9 Å². The Bertz CT molecular complexity index is 683. The van der Waals surface area contributed by atoms with Crippen molar-refractivity contribution in [3.8, 4) is 0 Å². The highest BCUT2D eigenvalue weighted by Gasteiger charge is 2.38. The Kier molecular flexibility index (Phi) is 4.54. The lowest BCUT2D eigenvalue weighted by Gasteiger charge is -2.40. The predicted molar refractivity (Wildman–Crippen MR) is 99.5 cm³/mol. The minimum absolute atomic E-state index is 0.284. The number of nitrogens with zero attached hydrogens (tertiary/aromatic N) is 1. The topological polar surface area (TPSA) is 61.8 Å². The number of benzene rings is 1. The van der Waals surface area contributed by atoms with E-state index in [1.54, 1.807) is 4.90 Å². The number of hydrogen-bond donors (Lipinski definition) is 2. The van der Waals surface area contributed by atoms with Crippen LogP contribution in [0.25, 0.3) is 6.08 Å². The van der Waals surface area contributed by atoms with Crippen LogP contribution in [0.5, 0.6) is 0 Å². The summed E-state index contributed by atoms with van der Waals surface area (Å²) in [6, 6.07) is 6.29. The molecule has 136 valence electrons. The standard InChI is InChI=1S/C20H28N2O3/c1-14-8-9-15-16(6-5-7-17(15)21-14)20(24)10-12-22(13-11-20)18(23)25-19(2,3)4/h5-9,14,21,24H,10-13H2,1-4H3. The smallest absolute Gasteiger partial charge is 0.410 e. The normalized spacial score (nSPS) is 22.1. The Morgan fingerprint density at radius 1 is 1.32 bits per heavy atom. The average molecular weight is 344 g/mol. The van der Waals surface area contributed by atoms with Crippen LogP contribution in [0, 0.1) is 0 Å². The maximum absolute atomic E-state index is 12.2. The number of carbonyl (C=O) groups is 1. The van der Waals surface area contributed by atoms with Crippen molar-refractivity contribution in [1.82, 2.24) is 4.90 Å². The Balaban J connectivity index is 1.75. The number of anilines is 1. The van der Waals surface area contributed by atoms with E-state index in [1.165, 1.54) is 0 Å². The van der Waals surface area contributed by atoms with Gasteiger partial charge in [-0.2, -0.15) is 0 Å². The maximum Gasteiger partial charge on any atom is 0.410 e. The first-order valence-corrected chi connectivity index (χ1v) is 8.96. The van der Waals surface area contributed by atoms with Gasteiger partial charge < -0.3 is 20.1 Å². The summed E-state index contributed by atoms with van der Waals surface area (Å²) in [5.41, 5.74) is 1.61. The second-order valence-corrected chi connectivity index (χ2v) is 8.06. The van der Waals surface area contributed by atoms with Crippen LogP contribution in [0.2, 0.25) is 0 Å². The number of aliphatic hydroxyl groups is 1. The fourth-order valence-electron chi connectivity index (χ4n) is 3.47. The third kappa shape index (κ3) is 3.82. The molecule has 0 radical (unpaired) electrons. The van der Waals surface area contributed by atoms with Gasteiger partial charge in [0, 0.05) is 30.4 Å². The van der Waals surface area contributed by atoms with Crippen molar-refractivity contribution in [3.63, 3.8) is 0 Å². The highest BCUT2D eigenvalue weighted by Crippen LogP contribution is 2.39. The molecule has 1 amide bonds. The van der Waals surface area contributed by atoms with Crippen LogP contribution < -0.4 is 5.32 Å². The van der Waals surface area contributed by atoms with E-state index >= 15 is 0 Å². The van der Waals surface area contributed by atoms with Crippen molar-refractivity contribution < 1.29 is 14.6 Å². The van der Waals surface area contributed by atoms with Gasteiger partial charge >= 0.3 is 6.09 Å². The SMILES string of the molecule is CC1C=Cc2c(cccc2C2(O)CCN(C(=O)OC(C)(C)C)CC2)N1. The highest BCUT2D eigenvalue weighted by molar-refractivity contribution is 5.74. The number of rotatable bonds is 1. The Morgan fingerprint density at radius 3 is 2.64 bits per heavy atom. The third-order valence-corrected chi connectivity index (χ3v) is 4.78. The van der Waals surface area contributed by atoms with Gasteiger partial charge in [-0.15, -0.1) is 0 Å². The average Bonchev–Trinajstić information content (AvgIpc) is 2.53. The molecule has 25 heavy (non-hydrogen) atoms. The molecule has 0 spiro atoms. The fourth-order valence-corrected chi connectivity index (χ4v) is 3.47. The summed E-state index contributed by atoms with van der Waals surface area (Å²) in [6.45, 7) is 8.66. The van der Waals surface area contributed by atoms with Crippen molar-refractivity contribution in [1.29, 1.82) is 0 Å². The van der Waals surface area contributed by atoms with Crippen LogP contribution in [-0.4, -0.2) is 40.8 Å². The van der Waals surface area contributed by atoms with Crippen molar-refractivity contribution in [2.45, 2.75) is 57.8 Å². The molecule has 1 atom stereocenters. The number of fused-ring (bicyclic) bond motifs is 1. The molecule has 0 bridgehead atoms. The molecule has 5 heteroatoms. The summed E-state index contributed by atoms with van der Waals surface area (Å²) in [5.74, 6) is 0. The number of likely N-dealkylation sites (tertiary alicyclic amines) is 1. The summed E-state index contributed by atoms with van der Waals surface area (Å²) in [4.78, 5) is 13.9. The second kappa shape index (κ2) is 6.37. The van der Waals surface area contributed by atoms with E-state index in [9.17, 15) is 9.90 Å². The van der Waals surface area contributed by atoms with E-state index in [-0.39, 0.29) is 12.1 Å². The summed E-state index contributed by atoms with van der Waals surface area (Å²) in [6.07, 6.45) is 4.90. The van der Waals surface area contributed by atoms with Gasteiger partial charge in [-0.25, -0.2) is 4.79 Å². The van der Waals surface area contributed by atoms with Gasteiger partial charge in [0.1, 0.15) is 5.60 Å². The molecule has 1 aromatic rings. The van der Waals surface area contributed by atoms with Gasteiger partial charge in [0.25, 0.3) is 0 Å². The first-order valence-electron chi connectivity index (χ1n) is 8.96. The first kappa shape index (κ1) is 17.8. The highest BCUT2D eigenvalue weighted by atomic mass is 16.6. The zero-order valence-corrected chi connectivity index (χ0v) is 15.5. The molecule has 1 aromatic carbocycles. The summed E-state index contributed by atoms with van der Waals surface area (Å²) < 4.78 is 5.44. The van der Waals surface area contributed by atoms with Crippen molar-refractivity contribution >= 4 is 17.9 Å². The van der Waals surface area contributed by atoms with E-state index in [2.05, 4.69) is 24.4 Å². The largest absolute Gasteiger partial charge is 0.444 e. The molecule has 0 aliphatic carbocycles. The van der Waals surface area contributed by atoms with Crippen LogP contribution in [0.15, 0.2) is 24.3 Å². The van der Waals surface area contributed by atoms with Crippen LogP contribution in [0.4, 0.5) is 10.5 Å². The van der Waals surface area contributed by atoms with E-state index in [0.717, 1.165) is 16.8 Å². The Hall–Kier alpha value is -2.01. The molecular formula is C20H28N2O3. The Labute approximate surface area is 149 Å². The van der Waals surface area contributed by atoms with Crippen molar-refractivity contribution in [2.24, 2.45) is 0 Å². The van der Waals surface area contributed by atoms with Crippen LogP contribution in [-0.2, 0) is 10.3 Å². The monoisotopic (exact) mass is 344 g/mol. The predicted octanol–water partition coefficient (Wildman–Crippen LogP) is 3.73. The van der Waals surface area contributed by atoms with Crippen LogP contribution in [0.1, 0.15) is 51.7 Å². The van der Waals surface area contributed by atoms with E-state index in [1.807, 2.05) is 39.0 Å². The lowest BCUT2D eigenvalue weighted by molar-refractivity contribution is -0.0357. The van der Waals surface area contributed by atoms with Gasteiger partial charge in [0.15, 0.2) is 0 Å². The lowest BCUT2D eigenvalue weighted by Crippen LogP contribution is -2.47. The summed E-state index contributed by atoms with van der Waals surface area (Å²) in [7, 11) is 0. The summed E-state index contributed by atoms with van der Waals surface area (Å²) >= 11 is 0. The molecule has 2 aliphatic rings. The van der Waals surface area contributed by atoms with Gasteiger partial charge in [-0.1, -0.05) is 24.3 Å². The molecule has 2 heterocycles. The van der Waals surface area contributed by atoms with E-state index in [4.69, 9.17) is 4.74 Å². The molecule has 1 saturated heterocycles. The van der Waals surface area contributed by atoms with Gasteiger partial charge in [-0.3, -0.25) is 0 Å². The van der Waals surface area contributed by atoms with Crippen molar-refractivity contribution in [2.75, 3.05) is 18.4 Å². The number of amides is 1. The first-order chi connectivity index (χ1) is 11.7. The van der Waals surface area contributed by atoms with Gasteiger partial charge in [0.2, 0.25) is 0 Å². The van der Waals surface area contributed by atoms with Gasteiger partial charge in [0.05, 0.1) is 5.60 Å². The Morgan fingerprint density at radius 2 is 2.00 bits per heavy atom. The third-order valence-electron chi connectivity index (χ3n) is 4.78. The number of nitrogens with one attached hydrogen (secondary N) is 1. The van der Waals surface area contributed by atoms with Gasteiger partial charge in [-0.05, 0) is 52.2 Å². The molecule has 2 N–H and O–H groups in total. The zero-order chi connectivity index (χ0) is 18.2. The quantitative estimate of drug-likeness (QED) is 0.815. The van der Waals surface area contributed by atoms with Crippen molar-refractivity contribution in [3.05, 3.63) is 35.4 Å². The fraction of sp³-hybridized carbons (Fsp3) is 0.550. The zero-order valence-electron chi connectivity index (χ0n) is 15.5. The molecular weight excluding hydrogens is 316 g/mol. The summed E-state index contributed by atoms with van der Waals surface area (Å²) in [5, 5.41) is 14.7. The number of piperidine rings is 1. The second-order valence-electron chi connectivity index (χ2n) is 8.06. The lowest BCUT2D eigenvalue weighted by atomic mass is 9.81. The number of ether oxygens (including phenoxy) is 1. The molecule has 1 unspecified atom stereocenters. The molecule has 5 nitrogen and oxygen atoms in total. The molecule has 3 rings (SSSR count). The van der Waals surface area contributed by atoms with Crippen LogP contribution >= 0.6 is 0 Å². The van der Waals surface area contributed by atoms with Crippen LogP contribution in [0.3, 0.4) is 0 Å². The number of hydrogen-bond acceptors (Lipinski definition) is 4. The maximum atomic E-state index is 12.2.